The molecule has 0 aliphatic heterocycles. The first-order valence-electron chi connectivity index (χ1n) is 16.3. The maximum absolute atomic E-state index is 2.52. The second kappa shape index (κ2) is 14.9. The molecule has 43 heavy (non-hydrogen) atoms. The Kier molecular flexibility index (Phi) is 10.6. The van der Waals surface area contributed by atoms with E-state index in [-0.39, 0.29) is 0 Å². The second-order valence-corrected chi connectivity index (χ2v) is 11.7. The van der Waals surface area contributed by atoms with Gasteiger partial charge in [-0.3, -0.25) is 0 Å². The summed E-state index contributed by atoms with van der Waals surface area (Å²) in [5.41, 5.74) is 11.0. The molecule has 0 bridgehead atoms. The van der Waals surface area contributed by atoms with Crippen LogP contribution in [-0.2, 0) is 0 Å². The Labute approximate surface area is 260 Å². The van der Waals surface area contributed by atoms with Crippen molar-refractivity contribution in [2.45, 2.75) is 47.0 Å². The zero-order valence-corrected chi connectivity index (χ0v) is 26.5. The first kappa shape index (κ1) is 30.4. The van der Waals surface area contributed by atoms with Gasteiger partial charge in [0.2, 0.25) is 0 Å². The van der Waals surface area contributed by atoms with Crippen molar-refractivity contribution in [3.8, 4) is 0 Å². The minimum atomic E-state index is 0.328. The zero-order chi connectivity index (χ0) is 30.0. The summed E-state index contributed by atoms with van der Waals surface area (Å²) in [6, 6.07) is 18.0. The molecule has 2 heteroatoms. The summed E-state index contributed by atoms with van der Waals surface area (Å²) in [5.74, 6) is 0.656. The van der Waals surface area contributed by atoms with Crippen molar-refractivity contribution in [2.75, 3.05) is 36.0 Å². The Bertz CT molecular complexity index is 1350. The van der Waals surface area contributed by atoms with Gasteiger partial charge in [-0.1, -0.05) is 108 Å². The van der Waals surface area contributed by atoms with E-state index in [2.05, 4.69) is 159 Å². The van der Waals surface area contributed by atoms with E-state index in [4.69, 9.17) is 0 Å². The molecule has 2 unspecified atom stereocenters. The molecule has 3 aliphatic rings. The fourth-order valence-corrected chi connectivity index (χ4v) is 6.44. The van der Waals surface area contributed by atoms with Crippen molar-refractivity contribution in [1.82, 2.24) is 0 Å². The first-order valence-corrected chi connectivity index (χ1v) is 16.3. The van der Waals surface area contributed by atoms with Gasteiger partial charge in [0.25, 0.3) is 0 Å². The summed E-state index contributed by atoms with van der Waals surface area (Å²) in [4.78, 5) is 4.78. The van der Waals surface area contributed by atoms with Crippen molar-refractivity contribution in [1.29, 1.82) is 0 Å². The molecule has 0 heterocycles. The molecule has 0 aromatic heterocycles. The van der Waals surface area contributed by atoms with Crippen LogP contribution in [0.25, 0.3) is 12.2 Å². The third kappa shape index (κ3) is 7.87. The summed E-state index contributed by atoms with van der Waals surface area (Å²) in [6.45, 7) is 13.0. The molecule has 0 N–H and O–H groups in total. The van der Waals surface area contributed by atoms with E-state index in [1.54, 1.807) is 11.1 Å². The van der Waals surface area contributed by atoms with Crippen LogP contribution in [0.2, 0.25) is 0 Å². The van der Waals surface area contributed by atoms with Crippen LogP contribution >= 0.6 is 0 Å². The molecule has 2 atom stereocenters. The normalized spacial score (nSPS) is 23.3. The van der Waals surface area contributed by atoms with E-state index in [0.29, 0.717) is 11.8 Å². The first-order chi connectivity index (χ1) is 21.1. The molecular weight excluding hydrogens is 520 g/mol. The van der Waals surface area contributed by atoms with E-state index in [1.165, 1.54) is 33.6 Å². The van der Waals surface area contributed by atoms with E-state index >= 15 is 0 Å². The lowest BCUT2D eigenvalue weighted by Gasteiger charge is -2.21. The standard InChI is InChI=1S/C41H48N2/c1-5-42(6-2)40-23-19-32(20-24-40)28-36-13-9-11-15-38(36)30-34-17-18-35(27-34)31-39-16-12-10-14-37(39)29-33-21-25-41(26-22-33)43(7-3)8-4/h9-16,19-26,28-31,38-39H,5-8,17-18,27H2,1-4H3. The molecule has 1 saturated carbocycles. The average molecular weight is 569 g/mol. The number of rotatable bonds is 10. The molecule has 5 rings (SSSR count). The molecular formula is C41H48N2. The molecule has 2 aromatic rings. The minimum absolute atomic E-state index is 0.328. The van der Waals surface area contributed by atoms with Gasteiger partial charge in [-0.2, -0.15) is 0 Å². The van der Waals surface area contributed by atoms with Crippen LogP contribution in [0.4, 0.5) is 11.4 Å². The highest BCUT2D eigenvalue weighted by Gasteiger charge is 2.18. The summed E-state index contributed by atoms with van der Waals surface area (Å²) in [6.07, 6.45) is 31.1. The SMILES string of the molecule is CCN(CC)c1ccc(C=C2C=CC=CC2C=C2CCC(=CC3C=CC=CC3=Cc3ccc(N(CC)CC)cc3)C2)cc1. The molecule has 222 valence electrons. The molecule has 1 fully saturated rings. The lowest BCUT2D eigenvalue weighted by molar-refractivity contribution is 0.866. The lowest BCUT2D eigenvalue weighted by Crippen LogP contribution is -2.21. The molecule has 0 radical (unpaired) electrons. The fourth-order valence-electron chi connectivity index (χ4n) is 6.44. The van der Waals surface area contributed by atoms with Gasteiger partial charge in [0.05, 0.1) is 0 Å². The number of nitrogens with zero attached hydrogens (tertiary/aromatic N) is 2. The minimum Gasteiger partial charge on any atom is -0.372 e. The van der Waals surface area contributed by atoms with Crippen molar-refractivity contribution in [3.05, 3.63) is 143 Å². The van der Waals surface area contributed by atoms with Gasteiger partial charge in [-0.15, -0.1) is 0 Å². The fraction of sp³-hybridized carbons (Fsp3) is 0.317. The summed E-state index contributed by atoms with van der Waals surface area (Å²) in [7, 11) is 0. The molecule has 0 saturated heterocycles. The van der Waals surface area contributed by atoms with Crippen LogP contribution < -0.4 is 9.80 Å². The van der Waals surface area contributed by atoms with Gasteiger partial charge in [0.15, 0.2) is 0 Å². The number of anilines is 2. The van der Waals surface area contributed by atoms with Gasteiger partial charge in [0.1, 0.15) is 0 Å². The number of benzene rings is 2. The summed E-state index contributed by atoms with van der Waals surface area (Å²) >= 11 is 0. The van der Waals surface area contributed by atoms with E-state index in [0.717, 1.165) is 45.4 Å². The van der Waals surface area contributed by atoms with Crippen LogP contribution in [0.15, 0.2) is 132 Å². The molecule has 3 aliphatic carbocycles. The zero-order valence-electron chi connectivity index (χ0n) is 26.5. The van der Waals surface area contributed by atoms with Crippen LogP contribution in [0.5, 0.6) is 0 Å². The summed E-state index contributed by atoms with van der Waals surface area (Å²) in [5, 5.41) is 0. The van der Waals surface area contributed by atoms with E-state index in [9.17, 15) is 0 Å². The molecule has 0 spiro atoms. The van der Waals surface area contributed by atoms with Crippen molar-refractivity contribution >= 4 is 23.5 Å². The van der Waals surface area contributed by atoms with E-state index in [1.807, 2.05) is 0 Å². The van der Waals surface area contributed by atoms with Crippen molar-refractivity contribution in [3.63, 3.8) is 0 Å². The van der Waals surface area contributed by atoms with Gasteiger partial charge in [0, 0.05) is 49.4 Å². The largest absolute Gasteiger partial charge is 0.372 e. The van der Waals surface area contributed by atoms with Gasteiger partial charge < -0.3 is 9.80 Å². The van der Waals surface area contributed by atoms with Crippen molar-refractivity contribution < 1.29 is 0 Å². The van der Waals surface area contributed by atoms with Crippen LogP contribution in [0.1, 0.15) is 58.1 Å². The van der Waals surface area contributed by atoms with E-state index < -0.39 is 0 Å². The number of allylic oxidation sites excluding steroid dienone is 14. The van der Waals surface area contributed by atoms with Crippen molar-refractivity contribution in [2.24, 2.45) is 11.8 Å². The topological polar surface area (TPSA) is 6.48 Å². The summed E-state index contributed by atoms with van der Waals surface area (Å²) < 4.78 is 0. The third-order valence-electron chi connectivity index (χ3n) is 8.97. The number of hydrogen-bond donors (Lipinski definition) is 0. The van der Waals surface area contributed by atoms with Gasteiger partial charge in [-0.05, 0) is 93.5 Å². The monoisotopic (exact) mass is 568 g/mol. The third-order valence-corrected chi connectivity index (χ3v) is 8.97. The quantitative estimate of drug-likeness (QED) is 0.263. The lowest BCUT2D eigenvalue weighted by atomic mass is 9.89. The van der Waals surface area contributed by atoms with Crippen LogP contribution in [-0.4, -0.2) is 26.2 Å². The highest BCUT2D eigenvalue weighted by atomic mass is 15.1. The maximum Gasteiger partial charge on any atom is 0.0366 e. The molecule has 2 aromatic carbocycles. The average Bonchev–Trinajstić information content (AvgIpc) is 3.48. The maximum atomic E-state index is 2.52. The Morgan fingerprint density at radius 3 is 1.33 bits per heavy atom. The smallest absolute Gasteiger partial charge is 0.0366 e. The Morgan fingerprint density at radius 1 is 0.558 bits per heavy atom. The van der Waals surface area contributed by atoms with Crippen LogP contribution in [0.3, 0.4) is 0 Å². The molecule has 0 amide bonds. The second-order valence-electron chi connectivity index (χ2n) is 11.7. The highest BCUT2D eigenvalue weighted by Crippen LogP contribution is 2.36. The number of hydrogen-bond acceptors (Lipinski definition) is 2. The van der Waals surface area contributed by atoms with Gasteiger partial charge >= 0.3 is 0 Å². The Morgan fingerprint density at radius 2 is 0.953 bits per heavy atom. The molecule has 2 nitrogen and oxygen atoms in total. The Hall–Kier alpha value is -4.04. The predicted octanol–water partition coefficient (Wildman–Crippen LogP) is 10.4. The predicted molar refractivity (Wildman–Crippen MR) is 190 cm³/mol. The van der Waals surface area contributed by atoms with Crippen LogP contribution in [0, 0.1) is 11.8 Å². The van der Waals surface area contributed by atoms with Gasteiger partial charge in [-0.25, -0.2) is 0 Å². The Balaban J connectivity index is 1.28. The highest BCUT2D eigenvalue weighted by molar-refractivity contribution is 5.63.